The van der Waals surface area contributed by atoms with Crippen LogP contribution in [0, 0.1) is 0 Å². The normalized spacial score (nSPS) is 14.0. The summed E-state index contributed by atoms with van der Waals surface area (Å²) < 4.78 is 10.2. The van der Waals surface area contributed by atoms with Crippen LogP contribution >= 0.6 is 11.6 Å². The fourth-order valence-electron chi connectivity index (χ4n) is 1.48. The molecule has 8 heteroatoms. The molecule has 1 aromatic rings. The first-order valence-electron chi connectivity index (χ1n) is 5.27. The highest BCUT2D eigenvalue weighted by Gasteiger charge is 2.21. The van der Waals surface area contributed by atoms with Gasteiger partial charge >= 0.3 is 5.97 Å². The lowest BCUT2D eigenvalue weighted by molar-refractivity contribution is -0.146. The summed E-state index contributed by atoms with van der Waals surface area (Å²) in [6.45, 7) is -0.377. The van der Waals surface area contributed by atoms with Gasteiger partial charge in [0.2, 0.25) is 6.79 Å². The summed E-state index contributed by atoms with van der Waals surface area (Å²) in [7, 11) is 0. The predicted molar refractivity (Wildman–Crippen MR) is 63.6 cm³/mol. The second-order valence-corrected chi connectivity index (χ2v) is 4.16. The molecule has 0 fully saturated rings. The van der Waals surface area contributed by atoms with E-state index in [0.29, 0.717) is 11.5 Å². The minimum atomic E-state index is -1.66. The van der Waals surface area contributed by atoms with Gasteiger partial charge in [0.05, 0.1) is 11.6 Å². The molecule has 0 saturated carbocycles. The molecular weight excluding hydrogens is 278 g/mol. The van der Waals surface area contributed by atoms with Crippen molar-refractivity contribution in [1.29, 1.82) is 0 Å². The van der Waals surface area contributed by atoms with Crippen LogP contribution < -0.4 is 14.8 Å². The molecule has 2 rings (SSSR count). The van der Waals surface area contributed by atoms with E-state index < -0.39 is 24.5 Å². The number of carbonyl (C=O) groups is 2. The minimum absolute atomic E-state index is 0.0256. The number of nitrogens with one attached hydrogen (secondary N) is 1. The largest absolute Gasteiger partial charge is 0.479 e. The minimum Gasteiger partial charge on any atom is -0.479 e. The van der Waals surface area contributed by atoms with Gasteiger partial charge in [0.15, 0.2) is 17.6 Å². The topological polar surface area (TPSA) is 105 Å². The molecular formula is C11H10ClNO6. The van der Waals surface area contributed by atoms with E-state index in [1.165, 1.54) is 12.1 Å². The van der Waals surface area contributed by atoms with Crippen molar-refractivity contribution in [3.63, 3.8) is 0 Å². The zero-order valence-electron chi connectivity index (χ0n) is 9.55. The molecule has 1 aliphatic heterocycles. The van der Waals surface area contributed by atoms with E-state index in [1.807, 2.05) is 0 Å². The van der Waals surface area contributed by atoms with Crippen LogP contribution in [-0.2, 0) is 4.79 Å². The number of ether oxygens (including phenoxy) is 2. The van der Waals surface area contributed by atoms with Crippen molar-refractivity contribution < 1.29 is 29.3 Å². The quantitative estimate of drug-likeness (QED) is 0.733. The van der Waals surface area contributed by atoms with Gasteiger partial charge in [-0.05, 0) is 12.1 Å². The number of hydrogen-bond donors (Lipinski definition) is 3. The molecule has 3 N–H and O–H groups in total. The Morgan fingerprint density at radius 1 is 1.42 bits per heavy atom. The Morgan fingerprint density at radius 3 is 2.84 bits per heavy atom. The number of halogens is 1. The monoisotopic (exact) mass is 287 g/mol. The van der Waals surface area contributed by atoms with Crippen molar-refractivity contribution in [2.24, 2.45) is 0 Å². The lowest BCUT2D eigenvalue weighted by atomic mass is 10.2. The molecule has 19 heavy (non-hydrogen) atoms. The van der Waals surface area contributed by atoms with Gasteiger partial charge in [-0.3, -0.25) is 4.79 Å². The van der Waals surface area contributed by atoms with Crippen LogP contribution in [0.5, 0.6) is 11.5 Å². The van der Waals surface area contributed by atoms with Crippen molar-refractivity contribution in [2.75, 3.05) is 13.3 Å². The predicted octanol–water partition coefficient (Wildman–Crippen LogP) is 0.244. The second-order valence-electron chi connectivity index (χ2n) is 3.76. The summed E-state index contributed by atoms with van der Waals surface area (Å²) >= 11 is 5.90. The van der Waals surface area contributed by atoms with Crippen LogP contribution in [0.4, 0.5) is 0 Å². The molecule has 7 nitrogen and oxygen atoms in total. The molecule has 0 unspecified atom stereocenters. The van der Waals surface area contributed by atoms with Gasteiger partial charge in [0, 0.05) is 5.56 Å². The van der Waals surface area contributed by atoms with Gasteiger partial charge in [0.1, 0.15) is 0 Å². The number of benzene rings is 1. The molecule has 0 bridgehead atoms. The lowest BCUT2D eigenvalue weighted by Gasteiger charge is -2.08. The number of rotatable bonds is 4. The number of carbonyl (C=O) groups excluding carboxylic acids is 1. The maximum Gasteiger partial charge on any atom is 0.334 e. The van der Waals surface area contributed by atoms with E-state index in [9.17, 15) is 9.59 Å². The molecule has 102 valence electrons. The summed E-state index contributed by atoms with van der Waals surface area (Å²) in [5.74, 6) is -1.27. The van der Waals surface area contributed by atoms with Crippen molar-refractivity contribution in [1.82, 2.24) is 5.32 Å². The molecule has 1 aliphatic rings. The second kappa shape index (κ2) is 5.33. The van der Waals surface area contributed by atoms with Gasteiger partial charge < -0.3 is 25.0 Å². The first-order valence-corrected chi connectivity index (χ1v) is 5.65. The Morgan fingerprint density at radius 2 is 2.16 bits per heavy atom. The van der Waals surface area contributed by atoms with Gasteiger partial charge in [-0.25, -0.2) is 4.79 Å². The third-order valence-electron chi connectivity index (χ3n) is 2.43. The van der Waals surface area contributed by atoms with E-state index >= 15 is 0 Å². The van der Waals surface area contributed by atoms with Crippen LogP contribution in [0.15, 0.2) is 12.1 Å². The number of aliphatic hydroxyl groups is 1. The number of carboxylic acids is 1. The Bertz CT molecular complexity index is 532. The highest BCUT2D eigenvalue weighted by atomic mass is 35.5. The van der Waals surface area contributed by atoms with Crippen LogP contribution in [0.2, 0.25) is 5.02 Å². The molecule has 0 aromatic heterocycles. The third kappa shape index (κ3) is 2.88. The maximum atomic E-state index is 11.8. The van der Waals surface area contributed by atoms with Gasteiger partial charge in [-0.1, -0.05) is 11.6 Å². The average molecular weight is 288 g/mol. The first-order chi connectivity index (χ1) is 8.99. The summed E-state index contributed by atoms with van der Waals surface area (Å²) in [6.07, 6.45) is -1.66. The number of carboxylic acid groups (broad SMARTS) is 1. The summed E-state index contributed by atoms with van der Waals surface area (Å²) in [6, 6.07) is 2.80. The number of aliphatic carboxylic acids is 1. The fourth-order valence-corrected chi connectivity index (χ4v) is 1.74. The molecule has 0 saturated heterocycles. The Hall–Kier alpha value is -1.99. The van der Waals surface area contributed by atoms with E-state index in [4.69, 9.17) is 31.3 Å². The van der Waals surface area contributed by atoms with Gasteiger partial charge in [-0.15, -0.1) is 0 Å². The van der Waals surface area contributed by atoms with Crippen molar-refractivity contribution in [3.05, 3.63) is 22.7 Å². The first kappa shape index (κ1) is 13.4. The van der Waals surface area contributed by atoms with Crippen molar-refractivity contribution in [2.45, 2.75) is 6.10 Å². The van der Waals surface area contributed by atoms with Gasteiger partial charge in [-0.2, -0.15) is 0 Å². The van der Waals surface area contributed by atoms with Crippen LogP contribution in [0.25, 0.3) is 0 Å². The standard InChI is InChI=1S/C11H10ClNO6/c12-6-1-5(2-8-9(6)19-4-18-8)10(15)13-3-7(14)11(16)17/h1-2,7,14H,3-4H2,(H,13,15)(H,16,17)/t7-/m0/s1. The molecule has 1 atom stereocenters. The molecule has 1 amide bonds. The number of fused-ring (bicyclic) bond motifs is 1. The highest BCUT2D eigenvalue weighted by molar-refractivity contribution is 6.32. The number of aliphatic hydroxyl groups excluding tert-OH is 1. The lowest BCUT2D eigenvalue weighted by Crippen LogP contribution is -2.36. The molecule has 1 aromatic carbocycles. The number of amides is 1. The van der Waals surface area contributed by atoms with E-state index in [0.717, 1.165) is 0 Å². The molecule has 0 radical (unpaired) electrons. The van der Waals surface area contributed by atoms with E-state index in [2.05, 4.69) is 5.32 Å². The summed E-state index contributed by atoms with van der Waals surface area (Å²) in [5.41, 5.74) is 0.187. The highest BCUT2D eigenvalue weighted by Crippen LogP contribution is 2.39. The summed E-state index contributed by atoms with van der Waals surface area (Å²) in [4.78, 5) is 22.2. The molecule has 1 heterocycles. The van der Waals surface area contributed by atoms with E-state index in [-0.39, 0.29) is 17.4 Å². The van der Waals surface area contributed by atoms with Crippen LogP contribution in [0.1, 0.15) is 10.4 Å². The Kier molecular flexibility index (Phi) is 3.77. The molecule has 0 aliphatic carbocycles. The van der Waals surface area contributed by atoms with E-state index in [1.54, 1.807) is 0 Å². The smallest absolute Gasteiger partial charge is 0.334 e. The van der Waals surface area contributed by atoms with Crippen LogP contribution in [0.3, 0.4) is 0 Å². The summed E-state index contributed by atoms with van der Waals surface area (Å²) in [5, 5.41) is 20.0. The van der Waals surface area contributed by atoms with Gasteiger partial charge in [0.25, 0.3) is 5.91 Å². The van der Waals surface area contributed by atoms with Crippen molar-refractivity contribution in [3.8, 4) is 11.5 Å². The maximum absolute atomic E-state index is 11.8. The fraction of sp³-hybridized carbons (Fsp3) is 0.273. The third-order valence-corrected chi connectivity index (χ3v) is 2.71. The Labute approximate surface area is 112 Å². The average Bonchev–Trinajstić information content (AvgIpc) is 2.83. The Balaban J connectivity index is 2.08. The zero-order chi connectivity index (χ0) is 14.0. The SMILES string of the molecule is O=C(NC[C@H](O)C(=O)O)c1cc(Cl)c2c(c1)OCO2. The number of hydrogen-bond acceptors (Lipinski definition) is 5. The zero-order valence-corrected chi connectivity index (χ0v) is 10.3. The molecule has 0 spiro atoms. The van der Waals surface area contributed by atoms with Crippen molar-refractivity contribution >= 4 is 23.5 Å². The van der Waals surface area contributed by atoms with Crippen LogP contribution in [-0.4, -0.2) is 41.5 Å².